The Balaban J connectivity index is 0.00000225. The molecule has 3 unspecified atom stereocenters. The average Bonchev–Trinajstić information content (AvgIpc) is 2.93. The quantitative estimate of drug-likeness (QED) is 0.889. The molecule has 0 radical (unpaired) electrons. The monoisotopic (exact) mass is 366 g/mol. The van der Waals surface area contributed by atoms with Crippen LogP contribution in [-0.4, -0.2) is 53.0 Å². The minimum Gasteiger partial charge on any atom is -0.480 e. The molecule has 25 heavy (non-hydrogen) atoms. The average molecular weight is 367 g/mol. The molecule has 1 aromatic rings. The van der Waals surface area contributed by atoms with Gasteiger partial charge in [-0.3, -0.25) is 14.5 Å². The van der Waals surface area contributed by atoms with Crippen LogP contribution in [0.15, 0.2) is 24.3 Å². The molecule has 2 aliphatic rings. The standard InChI is InChI=1S/C19H26N2O3.ClH/c1-20(2)18(22)15-8-5-6-13(10-15)12-21-16-9-4-3-7-14(16)11-17(21)19(23)24;/h5-6,8,10,14,16-17H,3-4,7,9,11-12H2,1-2H3,(H,23,24);1H. The fourth-order valence-electron chi connectivity index (χ4n) is 4.29. The van der Waals surface area contributed by atoms with Crippen LogP contribution in [0.3, 0.4) is 0 Å². The van der Waals surface area contributed by atoms with Gasteiger partial charge in [0, 0.05) is 32.2 Å². The molecule has 1 amide bonds. The Morgan fingerprint density at radius 2 is 1.96 bits per heavy atom. The minimum absolute atomic E-state index is 0. The van der Waals surface area contributed by atoms with Gasteiger partial charge < -0.3 is 10.0 Å². The lowest BCUT2D eigenvalue weighted by Crippen LogP contribution is -2.41. The third kappa shape index (κ3) is 4.15. The van der Waals surface area contributed by atoms with Crippen molar-refractivity contribution in [3.05, 3.63) is 35.4 Å². The van der Waals surface area contributed by atoms with E-state index in [-0.39, 0.29) is 18.3 Å². The van der Waals surface area contributed by atoms with Crippen LogP contribution >= 0.6 is 12.4 Å². The maximum Gasteiger partial charge on any atom is 0.320 e. The molecule has 1 aromatic carbocycles. The Hall–Kier alpha value is -1.59. The van der Waals surface area contributed by atoms with Crippen LogP contribution in [0.5, 0.6) is 0 Å². The summed E-state index contributed by atoms with van der Waals surface area (Å²) in [5, 5.41) is 9.62. The number of nitrogens with zero attached hydrogens (tertiary/aromatic N) is 2. The van der Waals surface area contributed by atoms with E-state index in [1.807, 2.05) is 24.3 Å². The maximum atomic E-state index is 12.2. The number of hydrogen-bond acceptors (Lipinski definition) is 3. The van der Waals surface area contributed by atoms with Gasteiger partial charge in [0.15, 0.2) is 0 Å². The number of fused-ring (bicyclic) bond motifs is 1. The predicted octanol–water partition coefficient (Wildman–Crippen LogP) is 3.03. The third-order valence-corrected chi connectivity index (χ3v) is 5.45. The zero-order chi connectivity index (χ0) is 17.3. The molecule has 1 aliphatic heterocycles. The molecular weight excluding hydrogens is 340 g/mol. The lowest BCUT2D eigenvalue weighted by Gasteiger charge is -2.33. The van der Waals surface area contributed by atoms with Crippen molar-refractivity contribution in [2.24, 2.45) is 5.92 Å². The maximum absolute atomic E-state index is 12.2. The zero-order valence-electron chi connectivity index (χ0n) is 14.9. The van der Waals surface area contributed by atoms with E-state index in [1.54, 1.807) is 19.0 Å². The van der Waals surface area contributed by atoms with Crippen LogP contribution in [-0.2, 0) is 11.3 Å². The van der Waals surface area contributed by atoms with E-state index < -0.39 is 12.0 Å². The third-order valence-electron chi connectivity index (χ3n) is 5.45. The van der Waals surface area contributed by atoms with Crippen molar-refractivity contribution in [2.75, 3.05) is 14.1 Å². The van der Waals surface area contributed by atoms with Crippen molar-refractivity contribution in [2.45, 2.75) is 50.7 Å². The van der Waals surface area contributed by atoms with Crippen LogP contribution < -0.4 is 0 Å². The Morgan fingerprint density at radius 1 is 1.24 bits per heavy atom. The van der Waals surface area contributed by atoms with Gasteiger partial charge in [0.1, 0.15) is 6.04 Å². The van der Waals surface area contributed by atoms with Crippen molar-refractivity contribution < 1.29 is 14.7 Å². The van der Waals surface area contributed by atoms with E-state index in [9.17, 15) is 14.7 Å². The largest absolute Gasteiger partial charge is 0.480 e. The summed E-state index contributed by atoms with van der Waals surface area (Å²) in [4.78, 5) is 27.6. The number of carbonyl (C=O) groups is 2. The molecule has 0 bridgehead atoms. The highest BCUT2D eigenvalue weighted by Crippen LogP contribution is 2.40. The Morgan fingerprint density at radius 3 is 2.64 bits per heavy atom. The smallest absolute Gasteiger partial charge is 0.320 e. The van der Waals surface area contributed by atoms with E-state index in [0.29, 0.717) is 24.1 Å². The summed E-state index contributed by atoms with van der Waals surface area (Å²) >= 11 is 0. The molecule has 138 valence electrons. The molecule has 1 saturated carbocycles. The lowest BCUT2D eigenvalue weighted by molar-refractivity contribution is -0.142. The van der Waals surface area contributed by atoms with Crippen LogP contribution in [0.2, 0.25) is 0 Å². The Kier molecular flexibility index (Phi) is 6.47. The first-order valence-corrected chi connectivity index (χ1v) is 8.76. The second-order valence-corrected chi connectivity index (χ2v) is 7.27. The van der Waals surface area contributed by atoms with Gasteiger partial charge in [0.2, 0.25) is 0 Å². The van der Waals surface area contributed by atoms with Gasteiger partial charge in [-0.1, -0.05) is 25.0 Å². The Bertz CT molecular complexity index is 635. The van der Waals surface area contributed by atoms with E-state index in [1.165, 1.54) is 12.8 Å². The topological polar surface area (TPSA) is 60.9 Å². The first-order valence-electron chi connectivity index (χ1n) is 8.76. The number of carbonyl (C=O) groups excluding carboxylic acids is 1. The lowest BCUT2D eigenvalue weighted by atomic mass is 9.84. The summed E-state index contributed by atoms with van der Waals surface area (Å²) in [6.45, 7) is 0.604. The number of benzene rings is 1. The van der Waals surface area contributed by atoms with Gasteiger partial charge in [0.05, 0.1) is 0 Å². The van der Waals surface area contributed by atoms with Gasteiger partial charge in [-0.2, -0.15) is 0 Å². The summed E-state index contributed by atoms with van der Waals surface area (Å²) in [6.07, 6.45) is 5.39. The molecule has 5 nitrogen and oxygen atoms in total. The summed E-state index contributed by atoms with van der Waals surface area (Å²) < 4.78 is 0. The van der Waals surface area contributed by atoms with Gasteiger partial charge in [-0.25, -0.2) is 0 Å². The molecule has 6 heteroatoms. The van der Waals surface area contributed by atoms with Crippen molar-refractivity contribution in [1.82, 2.24) is 9.80 Å². The number of hydrogen-bond donors (Lipinski definition) is 1. The van der Waals surface area contributed by atoms with Crippen molar-refractivity contribution in [1.29, 1.82) is 0 Å². The van der Waals surface area contributed by atoms with Gasteiger partial charge >= 0.3 is 5.97 Å². The molecule has 1 aliphatic carbocycles. The zero-order valence-corrected chi connectivity index (χ0v) is 15.7. The molecule has 3 rings (SSSR count). The van der Waals surface area contributed by atoms with E-state index >= 15 is 0 Å². The van der Waals surface area contributed by atoms with Crippen LogP contribution in [0.4, 0.5) is 0 Å². The number of carboxylic acid groups (broad SMARTS) is 1. The molecule has 1 saturated heterocycles. The highest BCUT2D eigenvalue weighted by Gasteiger charge is 2.44. The summed E-state index contributed by atoms with van der Waals surface area (Å²) in [5.41, 5.74) is 1.67. The summed E-state index contributed by atoms with van der Waals surface area (Å²) in [6, 6.07) is 7.56. The van der Waals surface area contributed by atoms with Crippen molar-refractivity contribution in [3.63, 3.8) is 0 Å². The van der Waals surface area contributed by atoms with Gasteiger partial charge in [-0.15, -0.1) is 12.4 Å². The fourth-order valence-corrected chi connectivity index (χ4v) is 4.29. The highest BCUT2D eigenvalue weighted by molar-refractivity contribution is 5.94. The second-order valence-electron chi connectivity index (χ2n) is 7.27. The summed E-state index contributed by atoms with van der Waals surface area (Å²) in [5.74, 6) is -0.236. The molecule has 2 fully saturated rings. The molecular formula is C19H27ClN2O3. The highest BCUT2D eigenvalue weighted by atomic mass is 35.5. The van der Waals surface area contributed by atoms with Crippen LogP contribution in [0, 0.1) is 5.92 Å². The van der Waals surface area contributed by atoms with Crippen molar-refractivity contribution in [3.8, 4) is 0 Å². The minimum atomic E-state index is -0.718. The number of carboxylic acids is 1. The number of rotatable bonds is 4. The van der Waals surface area contributed by atoms with E-state index in [4.69, 9.17) is 0 Å². The predicted molar refractivity (Wildman–Crippen MR) is 99.0 cm³/mol. The number of halogens is 1. The first kappa shape index (κ1) is 19.7. The van der Waals surface area contributed by atoms with Gasteiger partial charge in [-0.05, 0) is 42.9 Å². The molecule has 3 atom stereocenters. The number of aliphatic carboxylic acids is 1. The number of amides is 1. The second kappa shape index (κ2) is 8.19. The molecule has 0 aromatic heterocycles. The SMILES string of the molecule is CN(C)C(=O)c1cccc(CN2C(C(=O)O)CC3CCCCC32)c1.Cl. The van der Waals surface area contributed by atoms with E-state index in [0.717, 1.165) is 24.8 Å². The van der Waals surface area contributed by atoms with Gasteiger partial charge in [0.25, 0.3) is 5.91 Å². The summed E-state index contributed by atoms with van der Waals surface area (Å²) in [7, 11) is 3.48. The fraction of sp³-hybridized carbons (Fsp3) is 0.579. The molecule has 0 spiro atoms. The van der Waals surface area contributed by atoms with Crippen molar-refractivity contribution >= 4 is 24.3 Å². The first-order chi connectivity index (χ1) is 11.5. The van der Waals surface area contributed by atoms with E-state index in [2.05, 4.69) is 4.90 Å². The Labute approximate surface area is 155 Å². The van der Waals surface area contributed by atoms with Crippen LogP contribution in [0.25, 0.3) is 0 Å². The molecule has 1 N–H and O–H groups in total. The normalized spacial score (nSPS) is 25.8. The number of likely N-dealkylation sites (tertiary alicyclic amines) is 1. The van der Waals surface area contributed by atoms with Crippen LogP contribution in [0.1, 0.15) is 48.0 Å². The molecule has 1 heterocycles.